The number of hydrogen-bond donors (Lipinski definition) is 2. The summed E-state index contributed by atoms with van der Waals surface area (Å²) in [7, 11) is -3.78. The van der Waals surface area contributed by atoms with Crippen LogP contribution >= 0.6 is 15.9 Å². The predicted octanol–water partition coefficient (Wildman–Crippen LogP) is 1.73. The summed E-state index contributed by atoms with van der Waals surface area (Å²) in [5, 5.41) is 8.89. The topological polar surface area (TPSA) is 92.4 Å². The average molecular weight is 333 g/mol. The summed E-state index contributed by atoms with van der Waals surface area (Å²) in [6.07, 6.45) is 2.92. The predicted molar refractivity (Wildman–Crippen MR) is 67.4 cm³/mol. The van der Waals surface area contributed by atoms with Gasteiger partial charge in [0, 0.05) is 12.3 Å². The Bertz CT molecular complexity index is 639. The lowest BCUT2D eigenvalue weighted by Crippen LogP contribution is -2.12. The van der Waals surface area contributed by atoms with Crippen LogP contribution in [0.1, 0.15) is 5.76 Å². The van der Waals surface area contributed by atoms with Gasteiger partial charge in [0.15, 0.2) is 4.67 Å². The van der Waals surface area contributed by atoms with E-state index in [1.807, 2.05) is 0 Å². The van der Waals surface area contributed by atoms with E-state index in [1.54, 1.807) is 12.1 Å². The Hall–Kier alpha value is -1.38. The van der Waals surface area contributed by atoms with Gasteiger partial charge in [0.1, 0.15) is 17.3 Å². The summed E-state index contributed by atoms with van der Waals surface area (Å²) >= 11 is 2.99. The quantitative estimate of drug-likeness (QED) is 0.889. The minimum atomic E-state index is -3.78. The molecule has 0 aliphatic rings. The van der Waals surface area contributed by atoms with E-state index in [2.05, 4.69) is 25.6 Å². The summed E-state index contributed by atoms with van der Waals surface area (Å²) < 4.78 is 31.5. The van der Waals surface area contributed by atoms with Crippen molar-refractivity contribution in [1.82, 2.24) is 4.98 Å². The van der Waals surface area contributed by atoms with Gasteiger partial charge in [-0.3, -0.25) is 9.71 Å². The van der Waals surface area contributed by atoms with E-state index in [1.165, 1.54) is 18.5 Å². The number of aliphatic hydroxyl groups excluding tert-OH is 1. The van der Waals surface area contributed by atoms with Gasteiger partial charge in [-0.25, -0.2) is 8.42 Å². The van der Waals surface area contributed by atoms with Crippen LogP contribution in [0.5, 0.6) is 0 Å². The van der Waals surface area contributed by atoms with Gasteiger partial charge in [0.25, 0.3) is 10.0 Å². The molecule has 0 bridgehead atoms. The third-order valence-corrected chi connectivity index (χ3v) is 4.30. The standard InChI is InChI=1S/C10H9BrN2O4S/c11-10-9(4-8(6-14)17-10)18(15,16)13-7-2-1-3-12-5-7/h1-5,13-14H,6H2. The monoisotopic (exact) mass is 332 g/mol. The number of rotatable bonds is 4. The number of pyridine rings is 1. The van der Waals surface area contributed by atoms with Crippen LogP contribution in [0.2, 0.25) is 0 Å². The van der Waals surface area contributed by atoms with Crippen LogP contribution < -0.4 is 4.72 Å². The molecule has 0 aliphatic heterocycles. The van der Waals surface area contributed by atoms with Gasteiger partial charge in [-0.2, -0.15) is 0 Å². The van der Waals surface area contributed by atoms with Gasteiger partial charge in [0.2, 0.25) is 0 Å². The molecule has 0 aliphatic carbocycles. The van der Waals surface area contributed by atoms with Crippen LogP contribution in [0.3, 0.4) is 0 Å². The summed E-state index contributed by atoms with van der Waals surface area (Å²) in [6.45, 7) is -0.374. The van der Waals surface area contributed by atoms with Gasteiger partial charge < -0.3 is 9.52 Å². The molecule has 0 fully saturated rings. The van der Waals surface area contributed by atoms with Gasteiger partial charge >= 0.3 is 0 Å². The maximum absolute atomic E-state index is 12.0. The molecule has 8 heteroatoms. The molecule has 0 saturated carbocycles. The van der Waals surface area contributed by atoms with E-state index in [0.29, 0.717) is 5.69 Å². The van der Waals surface area contributed by atoms with Crippen molar-refractivity contribution in [3.05, 3.63) is 41.0 Å². The SMILES string of the molecule is O=S(=O)(Nc1cccnc1)c1cc(CO)oc1Br. The molecule has 0 saturated heterocycles. The van der Waals surface area contributed by atoms with E-state index in [4.69, 9.17) is 9.52 Å². The molecule has 0 radical (unpaired) electrons. The zero-order chi connectivity index (χ0) is 13.2. The highest BCUT2D eigenvalue weighted by Crippen LogP contribution is 2.27. The Labute approximate surface area is 112 Å². The van der Waals surface area contributed by atoms with Gasteiger partial charge in [0.05, 0.1) is 11.9 Å². The number of aliphatic hydroxyl groups is 1. The van der Waals surface area contributed by atoms with Crippen molar-refractivity contribution in [3.8, 4) is 0 Å². The highest BCUT2D eigenvalue weighted by Gasteiger charge is 2.22. The van der Waals surface area contributed by atoms with Crippen molar-refractivity contribution in [2.45, 2.75) is 11.5 Å². The van der Waals surface area contributed by atoms with E-state index < -0.39 is 10.0 Å². The summed E-state index contributed by atoms with van der Waals surface area (Å²) in [5.41, 5.74) is 0.344. The molecule has 2 heterocycles. The number of anilines is 1. The first-order valence-electron chi connectivity index (χ1n) is 4.85. The van der Waals surface area contributed by atoms with Gasteiger partial charge in [-0.05, 0) is 28.1 Å². The fraction of sp³-hybridized carbons (Fsp3) is 0.100. The molecule has 0 aromatic carbocycles. The number of halogens is 1. The molecule has 18 heavy (non-hydrogen) atoms. The maximum Gasteiger partial charge on any atom is 0.266 e. The lowest BCUT2D eigenvalue weighted by molar-refractivity contribution is 0.245. The highest BCUT2D eigenvalue weighted by molar-refractivity contribution is 9.10. The minimum Gasteiger partial charge on any atom is -0.450 e. The Balaban J connectivity index is 2.34. The van der Waals surface area contributed by atoms with Crippen molar-refractivity contribution in [1.29, 1.82) is 0 Å². The zero-order valence-corrected chi connectivity index (χ0v) is 11.4. The van der Waals surface area contributed by atoms with Gasteiger partial charge in [-0.1, -0.05) is 0 Å². The molecular weight excluding hydrogens is 324 g/mol. The fourth-order valence-corrected chi connectivity index (χ4v) is 3.33. The fourth-order valence-electron chi connectivity index (χ4n) is 1.29. The number of nitrogens with zero attached hydrogens (tertiary/aromatic N) is 1. The Kier molecular flexibility index (Phi) is 3.69. The lowest BCUT2D eigenvalue weighted by atomic mass is 10.4. The molecule has 0 atom stereocenters. The maximum atomic E-state index is 12.0. The van der Waals surface area contributed by atoms with Crippen molar-refractivity contribution in [2.75, 3.05) is 4.72 Å². The first-order chi connectivity index (χ1) is 8.53. The van der Waals surface area contributed by atoms with Crippen LogP contribution in [-0.2, 0) is 16.6 Å². The second kappa shape index (κ2) is 5.09. The molecular formula is C10H9BrN2O4S. The lowest BCUT2D eigenvalue weighted by Gasteiger charge is -2.05. The summed E-state index contributed by atoms with van der Waals surface area (Å²) in [6, 6.07) is 4.44. The molecule has 2 aromatic rings. The molecule has 2 rings (SSSR count). The van der Waals surface area contributed by atoms with E-state index in [0.717, 1.165) is 0 Å². The molecule has 0 unspecified atom stereocenters. The second-order valence-electron chi connectivity index (χ2n) is 3.36. The van der Waals surface area contributed by atoms with Crippen molar-refractivity contribution in [2.24, 2.45) is 0 Å². The van der Waals surface area contributed by atoms with E-state index in [-0.39, 0.29) is 21.9 Å². The van der Waals surface area contributed by atoms with Crippen molar-refractivity contribution in [3.63, 3.8) is 0 Å². The first-order valence-corrected chi connectivity index (χ1v) is 7.12. The van der Waals surface area contributed by atoms with Crippen LogP contribution in [0.4, 0.5) is 5.69 Å². The molecule has 96 valence electrons. The molecule has 2 aromatic heterocycles. The van der Waals surface area contributed by atoms with Gasteiger partial charge in [-0.15, -0.1) is 0 Å². The molecule has 0 amide bonds. The summed E-state index contributed by atoms with van der Waals surface area (Å²) in [5.74, 6) is 0.161. The number of sulfonamides is 1. The normalized spacial score (nSPS) is 11.4. The molecule has 0 spiro atoms. The third kappa shape index (κ3) is 2.71. The zero-order valence-electron chi connectivity index (χ0n) is 9.00. The van der Waals surface area contributed by atoms with Crippen molar-refractivity contribution >= 4 is 31.6 Å². The third-order valence-electron chi connectivity index (χ3n) is 2.07. The number of nitrogens with one attached hydrogen (secondary N) is 1. The average Bonchev–Trinajstić information content (AvgIpc) is 2.72. The van der Waals surface area contributed by atoms with Crippen LogP contribution in [-0.4, -0.2) is 18.5 Å². The number of furan rings is 1. The molecule has 2 N–H and O–H groups in total. The number of hydrogen-bond acceptors (Lipinski definition) is 5. The van der Waals surface area contributed by atoms with Crippen LogP contribution in [0, 0.1) is 0 Å². The largest absolute Gasteiger partial charge is 0.450 e. The smallest absolute Gasteiger partial charge is 0.266 e. The Morgan fingerprint density at radius 3 is 2.83 bits per heavy atom. The minimum absolute atomic E-state index is 0.0444. The Morgan fingerprint density at radius 1 is 1.50 bits per heavy atom. The van der Waals surface area contributed by atoms with E-state index in [9.17, 15) is 8.42 Å². The van der Waals surface area contributed by atoms with Crippen LogP contribution in [0.25, 0.3) is 0 Å². The van der Waals surface area contributed by atoms with Crippen LogP contribution in [0.15, 0.2) is 44.6 Å². The highest BCUT2D eigenvalue weighted by atomic mass is 79.9. The first kappa shape index (κ1) is 13.1. The Morgan fingerprint density at radius 2 is 2.28 bits per heavy atom. The van der Waals surface area contributed by atoms with Crippen molar-refractivity contribution < 1.29 is 17.9 Å². The number of aromatic nitrogens is 1. The molecule has 6 nitrogen and oxygen atoms in total. The summed E-state index contributed by atoms with van der Waals surface area (Å²) in [4.78, 5) is 3.73. The second-order valence-corrected chi connectivity index (χ2v) is 5.73. The van der Waals surface area contributed by atoms with E-state index >= 15 is 0 Å².